The third kappa shape index (κ3) is 3.87. The van der Waals surface area contributed by atoms with E-state index in [1.165, 1.54) is 0 Å². The summed E-state index contributed by atoms with van der Waals surface area (Å²) in [5.74, 6) is 1.77. The summed E-state index contributed by atoms with van der Waals surface area (Å²) in [4.78, 5) is 19.2. The largest absolute Gasteiger partial charge is 0.497 e. The van der Waals surface area contributed by atoms with E-state index < -0.39 is 0 Å². The van der Waals surface area contributed by atoms with Crippen molar-refractivity contribution >= 4 is 17.5 Å². The van der Waals surface area contributed by atoms with Crippen LogP contribution in [0.15, 0.2) is 53.1 Å². The van der Waals surface area contributed by atoms with E-state index in [0.717, 1.165) is 29.7 Å². The van der Waals surface area contributed by atoms with E-state index in [9.17, 15) is 4.79 Å². The van der Waals surface area contributed by atoms with Gasteiger partial charge >= 0.3 is 0 Å². The third-order valence-electron chi connectivity index (χ3n) is 4.90. The van der Waals surface area contributed by atoms with Gasteiger partial charge in [0.25, 0.3) is 0 Å². The Bertz CT molecular complexity index is 971. The molecule has 0 aliphatic carbocycles. The van der Waals surface area contributed by atoms with Crippen LogP contribution in [0.1, 0.15) is 30.3 Å². The lowest BCUT2D eigenvalue weighted by Crippen LogP contribution is -2.32. The van der Waals surface area contributed by atoms with E-state index >= 15 is 0 Å². The van der Waals surface area contributed by atoms with E-state index in [-0.39, 0.29) is 11.9 Å². The van der Waals surface area contributed by atoms with Crippen LogP contribution in [0.25, 0.3) is 11.4 Å². The van der Waals surface area contributed by atoms with Crippen molar-refractivity contribution in [1.82, 2.24) is 15.0 Å². The number of halogens is 1. The topological polar surface area (TPSA) is 68.5 Å². The first-order chi connectivity index (χ1) is 13.6. The maximum absolute atomic E-state index is 12.9. The Hall–Kier alpha value is -2.86. The molecule has 0 radical (unpaired) electrons. The highest BCUT2D eigenvalue weighted by atomic mass is 35.5. The van der Waals surface area contributed by atoms with Crippen molar-refractivity contribution in [2.75, 3.05) is 13.7 Å². The Morgan fingerprint density at radius 2 is 2.11 bits per heavy atom. The number of amides is 1. The third-order valence-corrected chi connectivity index (χ3v) is 5.13. The number of carbonyl (C=O) groups excluding carboxylic acids is 1. The quantitative estimate of drug-likeness (QED) is 0.641. The molecule has 0 bridgehead atoms. The number of carbonyl (C=O) groups is 1. The van der Waals surface area contributed by atoms with Crippen molar-refractivity contribution in [3.05, 3.63) is 65.0 Å². The summed E-state index contributed by atoms with van der Waals surface area (Å²) in [5.41, 5.74) is 1.73. The van der Waals surface area contributed by atoms with Crippen molar-refractivity contribution in [2.24, 2.45) is 0 Å². The molecule has 2 aromatic carbocycles. The predicted molar refractivity (Wildman–Crippen MR) is 105 cm³/mol. The Labute approximate surface area is 168 Å². The monoisotopic (exact) mass is 397 g/mol. The molecule has 1 fully saturated rings. The zero-order chi connectivity index (χ0) is 19.5. The molecular formula is C21H20ClN3O3. The second-order valence-corrected chi connectivity index (χ2v) is 7.17. The van der Waals surface area contributed by atoms with E-state index in [0.29, 0.717) is 29.7 Å². The Morgan fingerprint density at radius 3 is 2.86 bits per heavy atom. The summed E-state index contributed by atoms with van der Waals surface area (Å²) in [5, 5.41) is 4.68. The lowest BCUT2D eigenvalue weighted by Gasteiger charge is -2.22. The number of hydrogen-bond acceptors (Lipinski definition) is 5. The minimum Gasteiger partial charge on any atom is -0.497 e. The number of rotatable bonds is 5. The number of nitrogens with zero attached hydrogens (tertiary/aromatic N) is 3. The molecule has 7 heteroatoms. The van der Waals surface area contributed by atoms with Gasteiger partial charge in [-0.3, -0.25) is 4.79 Å². The maximum Gasteiger partial charge on any atom is 0.249 e. The normalized spacial score (nSPS) is 16.4. The van der Waals surface area contributed by atoms with Crippen LogP contribution in [-0.4, -0.2) is 34.6 Å². The lowest BCUT2D eigenvalue weighted by molar-refractivity contribution is -0.131. The predicted octanol–water partition coefficient (Wildman–Crippen LogP) is 4.30. The van der Waals surface area contributed by atoms with Crippen LogP contribution in [0.2, 0.25) is 5.02 Å². The Balaban J connectivity index is 1.49. The van der Waals surface area contributed by atoms with Gasteiger partial charge in [0.2, 0.25) is 17.6 Å². The number of likely N-dealkylation sites (tertiary alicyclic amines) is 1. The fraction of sp³-hybridized carbons (Fsp3) is 0.286. The fourth-order valence-electron chi connectivity index (χ4n) is 3.46. The standard InChI is InChI=1S/C21H20ClN3O3/c1-27-17-9-7-14(8-10-17)12-19(26)25-11-3-6-18(25)21-23-20(24-28-21)15-4-2-5-16(22)13-15/h2,4-5,7-10,13,18H,3,6,11-12H2,1H3/t18-/m1/s1. The molecule has 144 valence electrons. The summed E-state index contributed by atoms with van der Waals surface area (Å²) in [6, 6.07) is 14.7. The molecule has 4 rings (SSSR count). The Kier molecular flexibility index (Phi) is 5.30. The highest BCUT2D eigenvalue weighted by Crippen LogP contribution is 2.33. The number of hydrogen-bond donors (Lipinski definition) is 0. The molecule has 0 saturated carbocycles. The van der Waals surface area contributed by atoms with E-state index in [4.69, 9.17) is 20.9 Å². The van der Waals surface area contributed by atoms with Crippen molar-refractivity contribution in [3.8, 4) is 17.1 Å². The molecule has 1 aromatic heterocycles. The molecule has 3 aromatic rings. The lowest BCUT2D eigenvalue weighted by atomic mass is 10.1. The molecule has 1 aliphatic rings. The molecule has 0 spiro atoms. The van der Waals surface area contributed by atoms with Crippen LogP contribution in [0.5, 0.6) is 5.75 Å². The molecule has 2 heterocycles. The molecule has 0 unspecified atom stereocenters. The van der Waals surface area contributed by atoms with Gasteiger partial charge in [0.05, 0.1) is 13.5 Å². The van der Waals surface area contributed by atoms with Gasteiger partial charge in [-0.05, 0) is 42.7 Å². The highest BCUT2D eigenvalue weighted by molar-refractivity contribution is 6.30. The van der Waals surface area contributed by atoms with Gasteiger partial charge in [0.15, 0.2) is 0 Å². The van der Waals surface area contributed by atoms with Gasteiger partial charge in [0.1, 0.15) is 11.8 Å². The average Bonchev–Trinajstić information content (AvgIpc) is 3.38. The molecule has 1 saturated heterocycles. The van der Waals surface area contributed by atoms with E-state index in [1.54, 1.807) is 19.2 Å². The molecular weight excluding hydrogens is 378 g/mol. The second-order valence-electron chi connectivity index (χ2n) is 6.74. The van der Waals surface area contributed by atoms with Gasteiger partial charge < -0.3 is 14.2 Å². The highest BCUT2D eigenvalue weighted by Gasteiger charge is 2.34. The summed E-state index contributed by atoms with van der Waals surface area (Å²) in [6.07, 6.45) is 2.05. The number of aromatic nitrogens is 2. The second kappa shape index (κ2) is 8.02. The van der Waals surface area contributed by atoms with Crippen LogP contribution >= 0.6 is 11.6 Å². The number of benzene rings is 2. The average molecular weight is 398 g/mol. The van der Waals surface area contributed by atoms with Gasteiger partial charge in [0, 0.05) is 17.1 Å². The molecule has 6 nitrogen and oxygen atoms in total. The fourth-order valence-corrected chi connectivity index (χ4v) is 3.65. The Morgan fingerprint density at radius 1 is 1.29 bits per heavy atom. The van der Waals surface area contributed by atoms with Crippen LogP contribution in [0, 0.1) is 0 Å². The summed E-state index contributed by atoms with van der Waals surface area (Å²) in [7, 11) is 1.62. The zero-order valence-electron chi connectivity index (χ0n) is 15.5. The van der Waals surface area contributed by atoms with Gasteiger partial charge in [-0.25, -0.2) is 0 Å². The molecule has 1 aliphatic heterocycles. The SMILES string of the molecule is COc1ccc(CC(=O)N2CCC[C@@H]2c2nc(-c3cccc(Cl)c3)no2)cc1. The van der Waals surface area contributed by atoms with Crippen LogP contribution in [0.4, 0.5) is 0 Å². The molecule has 1 atom stereocenters. The van der Waals surface area contributed by atoms with E-state index in [2.05, 4.69) is 10.1 Å². The first-order valence-electron chi connectivity index (χ1n) is 9.16. The van der Waals surface area contributed by atoms with Gasteiger partial charge in [-0.15, -0.1) is 0 Å². The first-order valence-corrected chi connectivity index (χ1v) is 9.54. The smallest absolute Gasteiger partial charge is 0.249 e. The summed E-state index contributed by atoms with van der Waals surface area (Å²) < 4.78 is 10.7. The summed E-state index contributed by atoms with van der Waals surface area (Å²) >= 11 is 6.04. The zero-order valence-corrected chi connectivity index (χ0v) is 16.2. The van der Waals surface area contributed by atoms with Crippen LogP contribution in [-0.2, 0) is 11.2 Å². The van der Waals surface area contributed by atoms with Gasteiger partial charge in [-0.1, -0.05) is 41.0 Å². The minimum absolute atomic E-state index is 0.0511. The molecule has 1 amide bonds. The van der Waals surface area contributed by atoms with Crippen molar-refractivity contribution in [2.45, 2.75) is 25.3 Å². The van der Waals surface area contributed by atoms with Gasteiger partial charge in [-0.2, -0.15) is 4.98 Å². The minimum atomic E-state index is -0.189. The van der Waals surface area contributed by atoms with Crippen LogP contribution in [0.3, 0.4) is 0 Å². The van der Waals surface area contributed by atoms with Crippen molar-refractivity contribution < 1.29 is 14.1 Å². The number of ether oxygens (including phenoxy) is 1. The summed E-state index contributed by atoms with van der Waals surface area (Å²) in [6.45, 7) is 0.689. The first kappa shape index (κ1) is 18.5. The molecule has 0 N–H and O–H groups in total. The van der Waals surface area contributed by atoms with E-state index in [1.807, 2.05) is 41.3 Å². The van der Waals surface area contributed by atoms with Crippen molar-refractivity contribution in [3.63, 3.8) is 0 Å². The van der Waals surface area contributed by atoms with Crippen LogP contribution < -0.4 is 4.74 Å². The maximum atomic E-state index is 12.9. The molecule has 28 heavy (non-hydrogen) atoms. The number of methoxy groups -OCH3 is 1. The van der Waals surface area contributed by atoms with Crippen molar-refractivity contribution in [1.29, 1.82) is 0 Å².